The highest BCUT2D eigenvalue weighted by molar-refractivity contribution is 7.89. The summed E-state index contributed by atoms with van der Waals surface area (Å²) in [6.45, 7) is 5.53. The minimum atomic E-state index is -3.43. The maximum Gasteiger partial charge on any atom is 0.240 e. The van der Waals surface area contributed by atoms with Gasteiger partial charge in [-0.1, -0.05) is 31.5 Å². The number of hydrogen-bond acceptors (Lipinski definition) is 4. The molecule has 1 fully saturated rings. The zero-order valence-electron chi connectivity index (χ0n) is 16.0. The van der Waals surface area contributed by atoms with Crippen molar-refractivity contribution in [3.8, 4) is 0 Å². The van der Waals surface area contributed by atoms with Gasteiger partial charge in [-0.2, -0.15) is 0 Å². The Kier molecular flexibility index (Phi) is 6.99. The van der Waals surface area contributed by atoms with Crippen LogP contribution in [0.15, 0.2) is 53.7 Å². The van der Waals surface area contributed by atoms with Crippen molar-refractivity contribution in [3.63, 3.8) is 0 Å². The SMILES string of the molecule is CCCc1ccc(S(=O)(=O)NCC2CCN(Cc3cccnc3)CC2)cc1. The van der Waals surface area contributed by atoms with Crippen molar-refractivity contribution < 1.29 is 8.42 Å². The van der Waals surface area contributed by atoms with Gasteiger partial charge in [0, 0.05) is 25.5 Å². The Morgan fingerprint density at radius 3 is 2.48 bits per heavy atom. The minimum Gasteiger partial charge on any atom is -0.299 e. The summed E-state index contributed by atoms with van der Waals surface area (Å²) in [4.78, 5) is 6.93. The molecular formula is C21H29N3O2S. The fraction of sp³-hybridized carbons (Fsp3) is 0.476. The molecule has 2 heterocycles. The van der Waals surface area contributed by atoms with Gasteiger partial charge in [-0.3, -0.25) is 9.88 Å². The van der Waals surface area contributed by atoms with Crippen LogP contribution in [0.3, 0.4) is 0 Å². The molecule has 3 rings (SSSR count). The van der Waals surface area contributed by atoms with E-state index in [9.17, 15) is 8.42 Å². The maximum atomic E-state index is 12.5. The fourth-order valence-electron chi connectivity index (χ4n) is 3.53. The topological polar surface area (TPSA) is 62.3 Å². The third-order valence-electron chi connectivity index (χ3n) is 5.17. The summed E-state index contributed by atoms with van der Waals surface area (Å²) in [6, 6.07) is 11.3. The van der Waals surface area contributed by atoms with Crippen molar-refractivity contribution in [3.05, 3.63) is 59.9 Å². The van der Waals surface area contributed by atoms with E-state index in [1.54, 1.807) is 18.3 Å². The van der Waals surface area contributed by atoms with Gasteiger partial charge >= 0.3 is 0 Å². The van der Waals surface area contributed by atoms with E-state index in [0.29, 0.717) is 17.4 Å². The molecule has 1 aliphatic heterocycles. The third kappa shape index (κ3) is 5.86. The van der Waals surface area contributed by atoms with Gasteiger partial charge in [0.25, 0.3) is 0 Å². The van der Waals surface area contributed by atoms with Crippen LogP contribution < -0.4 is 4.72 Å². The molecule has 6 heteroatoms. The van der Waals surface area contributed by atoms with E-state index in [-0.39, 0.29) is 0 Å². The monoisotopic (exact) mass is 387 g/mol. The van der Waals surface area contributed by atoms with Crippen molar-refractivity contribution >= 4 is 10.0 Å². The molecule has 27 heavy (non-hydrogen) atoms. The molecule has 1 aromatic carbocycles. The summed E-state index contributed by atoms with van der Waals surface area (Å²) in [6.07, 6.45) is 7.76. The van der Waals surface area contributed by atoms with Gasteiger partial charge in [0.05, 0.1) is 4.90 Å². The number of benzene rings is 1. The zero-order chi connectivity index (χ0) is 19.1. The Hall–Kier alpha value is -1.76. The van der Waals surface area contributed by atoms with Gasteiger partial charge in [0.1, 0.15) is 0 Å². The predicted octanol–water partition coefficient (Wildman–Crippen LogP) is 3.22. The minimum absolute atomic E-state index is 0.358. The number of aryl methyl sites for hydroxylation is 1. The maximum absolute atomic E-state index is 12.5. The molecule has 2 aromatic rings. The number of hydrogen-bond donors (Lipinski definition) is 1. The van der Waals surface area contributed by atoms with E-state index < -0.39 is 10.0 Å². The van der Waals surface area contributed by atoms with Gasteiger partial charge < -0.3 is 0 Å². The summed E-state index contributed by atoms with van der Waals surface area (Å²) >= 11 is 0. The average molecular weight is 388 g/mol. The Morgan fingerprint density at radius 2 is 1.85 bits per heavy atom. The second kappa shape index (κ2) is 9.44. The van der Waals surface area contributed by atoms with Crippen LogP contribution in [0.4, 0.5) is 0 Å². The number of rotatable bonds is 8. The molecule has 1 N–H and O–H groups in total. The molecule has 0 atom stereocenters. The number of likely N-dealkylation sites (tertiary alicyclic amines) is 1. The lowest BCUT2D eigenvalue weighted by molar-refractivity contribution is 0.178. The number of sulfonamides is 1. The molecule has 0 spiro atoms. The second-order valence-corrected chi connectivity index (χ2v) is 9.09. The molecule has 0 unspecified atom stereocenters. The zero-order valence-corrected chi connectivity index (χ0v) is 16.8. The smallest absolute Gasteiger partial charge is 0.240 e. The highest BCUT2D eigenvalue weighted by Crippen LogP contribution is 2.19. The van der Waals surface area contributed by atoms with Crippen molar-refractivity contribution in [2.45, 2.75) is 44.0 Å². The number of nitrogens with zero attached hydrogens (tertiary/aromatic N) is 2. The summed E-state index contributed by atoms with van der Waals surface area (Å²) in [5.41, 5.74) is 2.40. The van der Waals surface area contributed by atoms with Gasteiger partial charge in [0.15, 0.2) is 0 Å². The third-order valence-corrected chi connectivity index (χ3v) is 6.61. The first kappa shape index (κ1) is 20.0. The van der Waals surface area contributed by atoms with Crippen LogP contribution >= 0.6 is 0 Å². The Morgan fingerprint density at radius 1 is 1.11 bits per heavy atom. The largest absolute Gasteiger partial charge is 0.299 e. The standard InChI is InChI=1S/C21H29N3O2S/c1-2-4-18-6-8-21(9-7-18)27(25,26)23-16-19-10-13-24(14-11-19)17-20-5-3-12-22-15-20/h3,5-9,12,15,19,23H,2,4,10-11,13-14,16-17H2,1H3. The summed E-state index contributed by atoms with van der Waals surface area (Å²) in [5, 5.41) is 0. The first-order valence-corrected chi connectivity index (χ1v) is 11.2. The molecular weight excluding hydrogens is 358 g/mol. The van der Waals surface area contributed by atoms with Crippen LogP contribution in [0.5, 0.6) is 0 Å². The van der Waals surface area contributed by atoms with E-state index in [4.69, 9.17) is 0 Å². The van der Waals surface area contributed by atoms with Gasteiger partial charge in [-0.05, 0) is 67.6 Å². The van der Waals surface area contributed by atoms with Crippen LogP contribution in [0.1, 0.15) is 37.3 Å². The van der Waals surface area contributed by atoms with Crippen molar-refractivity contribution in [2.24, 2.45) is 5.92 Å². The van der Waals surface area contributed by atoms with Crippen molar-refractivity contribution in [2.75, 3.05) is 19.6 Å². The highest BCUT2D eigenvalue weighted by Gasteiger charge is 2.22. The van der Waals surface area contributed by atoms with E-state index >= 15 is 0 Å². The average Bonchev–Trinajstić information content (AvgIpc) is 2.69. The lowest BCUT2D eigenvalue weighted by atomic mass is 9.97. The van der Waals surface area contributed by atoms with Crippen molar-refractivity contribution in [1.29, 1.82) is 0 Å². The van der Waals surface area contributed by atoms with Crippen LogP contribution in [0.25, 0.3) is 0 Å². The van der Waals surface area contributed by atoms with Gasteiger partial charge in [0.2, 0.25) is 10.0 Å². The molecule has 0 amide bonds. The fourth-order valence-corrected chi connectivity index (χ4v) is 4.65. The van der Waals surface area contributed by atoms with Crippen molar-refractivity contribution in [1.82, 2.24) is 14.6 Å². The molecule has 0 saturated carbocycles. The lowest BCUT2D eigenvalue weighted by Crippen LogP contribution is -2.38. The van der Waals surface area contributed by atoms with E-state index in [2.05, 4.69) is 27.6 Å². The molecule has 5 nitrogen and oxygen atoms in total. The summed E-state index contributed by atoms with van der Waals surface area (Å²) in [7, 11) is -3.43. The molecule has 1 aliphatic rings. The Labute approximate surface area is 162 Å². The molecule has 146 valence electrons. The molecule has 0 bridgehead atoms. The first-order valence-electron chi connectivity index (χ1n) is 9.76. The quantitative estimate of drug-likeness (QED) is 0.755. The molecule has 0 aliphatic carbocycles. The number of nitrogens with one attached hydrogen (secondary N) is 1. The number of piperidine rings is 1. The van der Waals surface area contributed by atoms with E-state index in [0.717, 1.165) is 45.3 Å². The van der Waals surface area contributed by atoms with Gasteiger partial charge in [-0.15, -0.1) is 0 Å². The van der Waals surface area contributed by atoms with Crippen LogP contribution in [0.2, 0.25) is 0 Å². The first-order chi connectivity index (χ1) is 13.1. The normalized spacial score (nSPS) is 16.5. The Bertz CT molecular complexity index is 799. The summed E-state index contributed by atoms with van der Waals surface area (Å²) < 4.78 is 27.8. The second-order valence-electron chi connectivity index (χ2n) is 7.33. The van der Waals surface area contributed by atoms with Crippen LogP contribution in [0, 0.1) is 5.92 Å². The van der Waals surface area contributed by atoms with E-state index in [1.165, 1.54) is 11.1 Å². The molecule has 0 radical (unpaired) electrons. The van der Waals surface area contributed by atoms with Crippen LogP contribution in [-0.2, 0) is 23.0 Å². The highest BCUT2D eigenvalue weighted by atomic mass is 32.2. The summed E-state index contributed by atoms with van der Waals surface area (Å²) in [5.74, 6) is 0.393. The Balaban J connectivity index is 1.46. The van der Waals surface area contributed by atoms with Crippen LogP contribution in [-0.4, -0.2) is 37.9 Å². The van der Waals surface area contributed by atoms with Gasteiger partial charge in [-0.25, -0.2) is 13.1 Å². The number of pyridine rings is 1. The predicted molar refractivity (Wildman–Crippen MR) is 108 cm³/mol. The molecule has 1 saturated heterocycles. The molecule has 1 aromatic heterocycles. The lowest BCUT2D eigenvalue weighted by Gasteiger charge is -2.31. The van der Waals surface area contributed by atoms with E-state index in [1.807, 2.05) is 24.4 Å². The number of aromatic nitrogens is 1.